The average molecular weight is 519 g/mol. The van der Waals surface area contributed by atoms with Gasteiger partial charge in [-0.15, -0.1) is 0 Å². The fourth-order valence-corrected chi connectivity index (χ4v) is 12.4. The Balaban J connectivity index is 1.85. The highest BCUT2D eigenvalue weighted by Gasteiger charge is 2.51. The molecule has 1 heteroatoms. The maximum absolute atomic E-state index is 2.50. The second-order valence-corrected chi connectivity index (χ2v) is 14.2. The highest BCUT2D eigenvalue weighted by atomic mass is 28.3. The van der Waals surface area contributed by atoms with Crippen molar-refractivity contribution in [1.29, 1.82) is 0 Å². The standard InChI is InChI=1S/C38H34Si/c1-2-3-29-39(34-27-17-8-18-28-34)37(32-23-13-6-14-24-32)35(30-19-9-4-10-20-30)36(31-21-11-5-12-22-31)38(39)33-25-15-7-16-26-33/h4-28H,2-3,29H2,1H3. The van der Waals surface area contributed by atoms with Crippen molar-refractivity contribution in [3.05, 3.63) is 174 Å². The second kappa shape index (κ2) is 11.3. The van der Waals surface area contributed by atoms with E-state index >= 15 is 0 Å². The molecule has 0 saturated heterocycles. The van der Waals surface area contributed by atoms with Crippen molar-refractivity contribution in [2.24, 2.45) is 0 Å². The van der Waals surface area contributed by atoms with Crippen LogP contribution in [0, 0.1) is 0 Å². The van der Waals surface area contributed by atoms with Gasteiger partial charge in [0.25, 0.3) is 0 Å². The minimum atomic E-state index is -2.50. The van der Waals surface area contributed by atoms with Crippen molar-refractivity contribution < 1.29 is 0 Å². The zero-order chi connectivity index (χ0) is 26.5. The number of hydrogen-bond donors (Lipinski definition) is 0. The largest absolute Gasteiger partial charge is 0.151 e. The fourth-order valence-electron chi connectivity index (χ4n) is 6.43. The molecule has 0 atom stereocenters. The van der Waals surface area contributed by atoms with Crippen molar-refractivity contribution in [2.75, 3.05) is 0 Å². The van der Waals surface area contributed by atoms with Gasteiger partial charge >= 0.3 is 0 Å². The summed E-state index contributed by atoms with van der Waals surface area (Å²) in [5.41, 5.74) is 8.09. The van der Waals surface area contributed by atoms with Crippen LogP contribution >= 0.6 is 0 Å². The van der Waals surface area contributed by atoms with Gasteiger partial charge < -0.3 is 0 Å². The van der Waals surface area contributed by atoms with Crippen molar-refractivity contribution in [1.82, 2.24) is 0 Å². The SMILES string of the molecule is CCCC[Si]1(c2ccccc2)C(c2ccccc2)=C(c2ccccc2)C(c2ccccc2)=C1c1ccccc1. The van der Waals surface area contributed by atoms with E-state index in [9.17, 15) is 0 Å². The summed E-state index contributed by atoms with van der Waals surface area (Å²) in [5, 5.41) is 4.59. The van der Waals surface area contributed by atoms with Gasteiger partial charge in [0.05, 0.1) is 0 Å². The van der Waals surface area contributed by atoms with Crippen LogP contribution in [0.4, 0.5) is 0 Å². The molecule has 0 aromatic heterocycles. The molecule has 39 heavy (non-hydrogen) atoms. The van der Waals surface area contributed by atoms with E-state index in [2.05, 4.69) is 159 Å². The molecule has 1 aliphatic heterocycles. The highest BCUT2D eigenvalue weighted by Crippen LogP contribution is 2.57. The Bertz CT molecular complexity index is 1480. The van der Waals surface area contributed by atoms with Crippen LogP contribution in [0.3, 0.4) is 0 Å². The van der Waals surface area contributed by atoms with Gasteiger partial charge in [-0.1, -0.05) is 171 Å². The predicted octanol–water partition coefficient (Wildman–Crippen LogP) is 9.46. The van der Waals surface area contributed by atoms with E-state index in [1.165, 1.54) is 57.5 Å². The van der Waals surface area contributed by atoms with E-state index in [0.29, 0.717) is 0 Å². The van der Waals surface area contributed by atoms with Crippen molar-refractivity contribution in [3.63, 3.8) is 0 Å². The predicted molar refractivity (Wildman–Crippen MR) is 171 cm³/mol. The first-order valence-corrected chi connectivity index (χ1v) is 16.3. The van der Waals surface area contributed by atoms with E-state index in [-0.39, 0.29) is 0 Å². The van der Waals surface area contributed by atoms with Gasteiger partial charge in [-0.05, 0) is 55.0 Å². The third-order valence-corrected chi connectivity index (χ3v) is 13.2. The molecule has 0 nitrogen and oxygen atoms in total. The minimum absolute atomic E-state index is 1.17. The summed E-state index contributed by atoms with van der Waals surface area (Å²) < 4.78 is 0. The maximum Gasteiger partial charge on any atom is 0.151 e. The van der Waals surface area contributed by atoms with E-state index in [0.717, 1.165) is 0 Å². The molecule has 1 heterocycles. The Morgan fingerprint density at radius 1 is 0.410 bits per heavy atom. The lowest BCUT2D eigenvalue weighted by atomic mass is 9.89. The Labute approximate surface area is 234 Å². The lowest BCUT2D eigenvalue weighted by molar-refractivity contribution is 0.875. The number of rotatable bonds is 8. The molecule has 0 bridgehead atoms. The van der Waals surface area contributed by atoms with Gasteiger partial charge in [0.2, 0.25) is 0 Å². The third kappa shape index (κ3) is 4.54. The monoisotopic (exact) mass is 518 g/mol. The zero-order valence-corrected chi connectivity index (χ0v) is 23.6. The van der Waals surface area contributed by atoms with Crippen LogP contribution in [0.1, 0.15) is 42.0 Å². The van der Waals surface area contributed by atoms with E-state index in [1.54, 1.807) is 10.4 Å². The molecule has 190 valence electrons. The summed E-state index contributed by atoms with van der Waals surface area (Å²) in [4.78, 5) is 0. The summed E-state index contributed by atoms with van der Waals surface area (Å²) >= 11 is 0. The van der Waals surface area contributed by atoms with Gasteiger partial charge in [-0.3, -0.25) is 0 Å². The first-order valence-electron chi connectivity index (χ1n) is 14.1. The van der Waals surface area contributed by atoms with Crippen LogP contribution in [-0.4, -0.2) is 8.07 Å². The first kappa shape index (κ1) is 25.1. The molecule has 1 aliphatic rings. The summed E-state index contributed by atoms with van der Waals surface area (Å²) in [6.07, 6.45) is 2.37. The maximum atomic E-state index is 2.41. The molecule has 0 spiro atoms. The molecule has 6 rings (SSSR count). The van der Waals surface area contributed by atoms with Crippen molar-refractivity contribution in [2.45, 2.75) is 25.8 Å². The smallest absolute Gasteiger partial charge is 0.0654 e. The summed E-state index contributed by atoms with van der Waals surface area (Å²) in [6, 6.07) is 57.3. The zero-order valence-electron chi connectivity index (χ0n) is 22.6. The molecule has 0 N–H and O–H groups in total. The van der Waals surface area contributed by atoms with Crippen LogP contribution in [0.15, 0.2) is 152 Å². The van der Waals surface area contributed by atoms with Gasteiger partial charge in [0.15, 0.2) is 8.07 Å². The molecule has 0 unspecified atom stereocenters. The Kier molecular flexibility index (Phi) is 7.25. The van der Waals surface area contributed by atoms with Crippen LogP contribution in [0.5, 0.6) is 0 Å². The molecule has 0 radical (unpaired) electrons. The molecular formula is C38H34Si. The Morgan fingerprint density at radius 2 is 0.744 bits per heavy atom. The van der Waals surface area contributed by atoms with Crippen molar-refractivity contribution >= 4 is 34.8 Å². The average Bonchev–Trinajstić information content (AvgIpc) is 3.34. The summed E-state index contributed by atoms with van der Waals surface area (Å²) in [5.74, 6) is 0. The van der Waals surface area contributed by atoms with Crippen LogP contribution in [-0.2, 0) is 0 Å². The quantitative estimate of drug-likeness (QED) is 0.179. The minimum Gasteiger partial charge on any atom is -0.0654 e. The van der Waals surface area contributed by atoms with Gasteiger partial charge in [0, 0.05) is 0 Å². The van der Waals surface area contributed by atoms with E-state index in [1.807, 2.05) is 0 Å². The van der Waals surface area contributed by atoms with E-state index < -0.39 is 8.07 Å². The van der Waals surface area contributed by atoms with Crippen LogP contribution in [0.2, 0.25) is 6.04 Å². The summed E-state index contributed by atoms with van der Waals surface area (Å²) in [6.45, 7) is 2.33. The van der Waals surface area contributed by atoms with Gasteiger partial charge in [-0.25, -0.2) is 0 Å². The lowest BCUT2D eigenvalue weighted by Crippen LogP contribution is -2.49. The van der Waals surface area contributed by atoms with Crippen LogP contribution < -0.4 is 5.19 Å². The summed E-state index contributed by atoms with van der Waals surface area (Å²) in [7, 11) is -2.50. The van der Waals surface area contributed by atoms with E-state index in [4.69, 9.17) is 0 Å². The molecule has 0 amide bonds. The van der Waals surface area contributed by atoms with Crippen LogP contribution in [0.25, 0.3) is 21.5 Å². The van der Waals surface area contributed by atoms with Gasteiger partial charge in [0.1, 0.15) is 0 Å². The van der Waals surface area contributed by atoms with Gasteiger partial charge in [-0.2, -0.15) is 0 Å². The number of allylic oxidation sites excluding steroid dienone is 2. The molecule has 0 saturated carbocycles. The molecular weight excluding hydrogens is 485 g/mol. The topological polar surface area (TPSA) is 0 Å². The normalized spacial score (nSPS) is 14.6. The molecule has 0 aliphatic carbocycles. The number of benzene rings is 5. The first-order chi connectivity index (χ1) is 19.3. The fraction of sp³-hybridized carbons (Fsp3) is 0.105. The third-order valence-electron chi connectivity index (χ3n) is 8.03. The highest BCUT2D eigenvalue weighted by molar-refractivity contribution is 7.22. The second-order valence-electron chi connectivity index (χ2n) is 10.3. The molecule has 5 aromatic carbocycles. The number of hydrogen-bond acceptors (Lipinski definition) is 0. The molecule has 0 fully saturated rings. The molecule has 5 aromatic rings. The van der Waals surface area contributed by atoms with Crippen molar-refractivity contribution in [3.8, 4) is 0 Å². The lowest BCUT2D eigenvalue weighted by Gasteiger charge is -2.35. The number of unbranched alkanes of at least 4 members (excludes halogenated alkanes) is 1. The Hall–Kier alpha value is -4.20. The Morgan fingerprint density at radius 3 is 1.10 bits per heavy atom.